The molecule has 0 aliphatic carbocycles. The SMILES string of the molecule is CCNC(=NCC(C)Oc1cccc(OC)c1)NC1CCN(CC(=O)NC)CC1. The van der Waals surface area contributed by atoms with Crippen molar-refractivity contribution in [1.29, 1.82) is 0 Å². The molecule has 1 aromatic carbocycles. The summed E-state index contributed by atoms with van der Waals surface area (Å²) < 4.78 is 11.2. The third-order valence-corrected chi connectivity index (χ3v) is 4.80. The molecule has 0 aromatic heterocycles. The second-order valence-corrected chi connectivity index (χ2v) is 7.20. The highest BCUT2D eigenvalue weighted by molar-refractivity contribution is 5.80. The van der Waals surface area contributed by atoms with E-state index in [0.717, 1.165) is 49.9 Å². The Kier molecular flexibility index (Phi) is 9.56. The molecule has 1 saturated heterocycles. The van der Waals surface area contributed by atoms with E-state index in [1.54, 1.807) is 14.2 Å². The highest BCUT2D eigenvalue weighted by atomic mass is 16.5. The summed E-state index contributed by atoms with van der Waals surface area (Å²) in [6.07, 6.45) is 1.90. The van der Waals surface area contributed by atoms with Crippen molar-refractivity contribution < 1.29 is 14.3 Å². The third kappa shape index (κ3) is 8.19. The zero-order valence-electron chi connectivity index (χ0n) is 18.0. The summed E-state index contributed by atoms with van der Waals surface area (Å²) in [5.41, 5.74) is 0. The lowest BCUT2D eigenvalue weighted by Crippen LogP contribution is -2.50. The Morgan fingerprint density at radius 2 is 2.03 bits per heavy atom. The number of hydrogen-bond acceptors (Lipinski definition) is 5. The predicted molar refractivity (Wildman–Crippen MR) is 116 cm³/mol. The van der Waals surface area contributed by atoms with Crippen LogP contribution in [0, 0.1) is 0 Å². The number of carbonyl (C=O) groups is 1. The number of aliphatic imine (C=N–C) groups is 1. The molecule has 0 radical (unpaired) electrons. The van der Waals surface area contributed by atoms with Crippen LogP contribution in [0.1, 0.15) is 26.7 Å². The molecule has 3 N–H and O–H groups in total. The number of hydrogen-bond donors (Lipinski definition) is 3. The minimum absolute atomic E-state index is 0.0630. The van der Waals surface area contributed by atoms with E-state index in [9.17, 15) is 4.79 Å². The van der Waals surface area contributed by atoms with E-state index in [1.165, 1.54) is 0 Å². The summed E-state index contributed by atoms with van der Waals surface area (Å²) >= 11 is 0. The molecule has 1 aromatic rings. The van der Waals surface area contributed by atoms with Crippen LogP contribution in [0.5, 0.6) is 11.5 Å². The van der Waals surface area contributed by atoms with Crippen molar-refractivity contribution in [2.45, 2.75) is 38.8 Å². The number of piperidine rings is 1. The van der Waals surface area contributed by atoms with Gasteiger partial charge in [0.15, 0.2) is 5.96 Å². The van der Waals surface area contributed by atoms with Gasteiger partial charge in [0.05, 0.1) is 20.2 Å². The predicted octanol–water partition coefficient (Wildman–Crippen LogP) is 1.23. The average Bonchev–Trinajstić information content (AvgIpc) is 2.73. The minimum Gasteiger partial charge on any atom is -0.497 e. The summed E-state index contributed by atoms with van der Waals surface area (Å²) in [5, 5.41) is 9.50. The first-order valence-corrected chi connectivity index (χ1v) is 10.3. The first-order chi connectivity index (χ1) is 14.0. The Morgan fingerprint density at radius 1 is 1.31 bits per heavy atom. The van der Waals surface area contributed by atoms with Gasteiger partial charge in [0.25, 0.3) is 0 Å². The van der Waals surface area contributed by atoms with E-state index in [2.05, 4.69) is 32.8 Å². The molecule has 1 fully saturated rings. The van der Waals surface area contributed by atoms with Gasteiger partial charge in [0, 0.05) is 38.8 Å². The quantitative estimate of drug-likeness (QED) is 0.423. The highest BCUT2D eigenvalue weighted by Crippen LogP contribution is 2.20. The van der Waals surface area contributed by atoms with Gasteiger partial charge in [-0.2, -0.15) is 0 Å². The number of benzene rings is 1. The molecule has 1 unspecified atom stereocenters. The number of likely N-dealkylation sites (N-methyl/N-ethyl adjacent to an activating group) is 1. The van der Waals surface area contributed by atoms with Crippen molar-refractivity contribution in [1.82, 2.24) is 20.9 Å². The van der Waals surface area contributed by atoms with Crippen molar-refractivity contribution in [3.63, 3.8) is 0 Å². The fourth-order valence-corrected chi connectivity index (χ4v) is 3.19. The topological polar surface area (TPSA) is 87.2 Å². The number of nitrogens with zero attached hydrogens (tertiary/aromatic N) is 2. The third-order valence-electron chi connectivity index (χ3n) is 4.80. The second kappa shape index (κ2) is 12.2. The smallest absolute Gasteiger partial charge is 0.233 e. The van der Waals surface area contributed by atoms with Crippen LogP contribution in [0.25, 0.3) is 0 Å². The molecule has 0 spiro atoms. The maximum atomic E-state index is 11.5. The van der Waals surface area contributed by atoms with Crippen LogP contribution in [-0.4, -0.2) is 75.8 Å². The van der Waals surface area contributed by atoms with Gasteiger partial charge in [0.2, 0.25) is 5.91 Å². The zero-order valence-corrected chi connectivity index (χ0v) is 18.0. The molecule has 0 saturated carbocycles. The van der Waals surface area contributed by atoms with E-state index >= 15 is 0 Å². The summed E-state index contributed by atoms with van der Waals surface area (Å²) in [7, 11) is 3.32. The maximum absolute atomic E-state index is 11.5. The minimum atomic E-state index is -0.0630. The fraction of sp³-hybridized carbons (Fsp3) is 0.619. The monoisotopic (exact) mass is 405 g/mol. The number of methoxy groups -OCH3 is 1. The van der Waals surface area contributed by atoms with Gasteiger partial charge >= 0.3 is 0 Å². The number of nitrogens with one attached hydrogen (secondary N) is 3. The fourth-order valence-electron chi connectivity index (χ4n) is 3.19. The molecule has 8 nitrogen and oxygen atoms in total. The van der Waals surface area contributed by atoms with Crippen LogP contribution in [0.3, 0.4) is 0 Å². The number of carbonyl (C=O) groups excluding carboxylic acids is 1. The van der Waals surface area contributed by atoms with Crippen LogP contribution in [0.2, 0.25) is 0 Å². The van der Waals surface area contributed by atoms with Crippen LogP contribution in [-0.2, 0) is 4.79 Å². The van der Waals surface area contributed by atoms with Crippen LogP contribution < -0.4 is 25.4 Å². The molecule has 0 bridgehead atoms. The lowest BCUT2D eigenvalue weighted by Gasteiger charge is -2.32. The molecule has 1 amide bonds. The normalized spacial score (nSPS) is 16.8. The van der Waals surface area contributed by atoms with Gasteiger partial charge in [-0.1, -0.05) is 6.07 Å². The number of likely N-dealkylation sites (tertiary alicyclic amines) is 1. The van der Waals surface area contributed by atoms with Gasteiger partial charge < -0.3 is 25.4 Å². The van der Waals surface area contributed by atoms with Crippen molar-refractivity contribution in [3.05, 3.63) is 24.3 Å². The van der Waals surface area contributed by atoms with Gasteiger partial charge in [-0.3, -0.25) is 9.69 Å². The molecule has 2 rings (SSSR count). The molecule has 1 atom stereocenters. The van der Waals surface area contributed by atoms with Crippen LogP contribution in [0.4, 0.5) is 0 Å². The van der Waals surface area contributed by atoms with Gasteiger partial charge in [-0.05, 0) is 38.8 Å². The van der Waals surface area contributed by atoms with E-state index in [4.69, 9.17) is 9.47 Å². The summed E-state index contributed by atoms with van der Waals surface area (Å²) in [4.78, 5) is 18.4. The number of guanidine groups is 1. The number of amides is 1. The first-order valence-electron chi connectivity index (χ1n) is 10.3. The first kappa shape index (κ1) is 22.8. The summed E-state index contributed by atoms with van der Waals surface area (Å²) in [5.74, 6) is 2.42. The Morgan fingerprint density at radius 3 is 2.69 bits per heavy atom. The largest absolute Gasteiger partial charge is 0.497 e. The van der Waals surface area contributed by atoms with E-state index in [0.29, 0.717) is 19.1 Å². The molecule has 162 valence electrons. The Hall–Kier alpha value is -2.48. The second-order valence-electron chi connectivity index (χ2n) is 7.20. The summed E-state index contributed by atoms with van der Waals surface area (Å²) in [6, 6.07) is 7.94. The van der Waals surface area contributed by atoms with E-state index in [-0.39, 0.29) is 12.0 Å². The van der Waals surface area contributed by atoms with Gasteiger partial charge in [-0.25, -0.2) is 4.99 Å². The van der Waals surface area contributed by atoms with Crippen LogP contribution >= 0.6 is 0 Å². The lowest BCUT2D eigenvalue weighted by atomic mass is 10.1. The number of ether oxygens (including phenoxy) is 2. The maximum Gasteiger partial charge on any atom is 0.233 e. The molecule has 1 heterocycles. The van der Waals surface area contributed by atoms with E-state index < -0.39 is 0 Å². The highest BCUT2D eigenvalue weighted by Gasteiger charge is 2.21. The lowest BCUT2D eigenvalue weighted by molar-refractivity contribution is -0.122. The van der Waals surface area contributed by atoms with Crippen molar-refractivity contribution in [3.8, 4) is 11.5 Å². The molecule has 8 heteroatoms. The van der Waals surface area contributed by atoms with Crippen molar-refractivity contribution >= 4 is 11.9 Å². The van der Waals surface area contributed by atoms with Gasteiger partial charge in [0.1, 0.15) is 17.6 Å². The Labute approximate surface area is 174 Å². The van der Waals surface area contributed by atoms with Crippen LogP contribution in [0.15, 0.2) is 29.3 Å². The molecule has 1 aliphatic rings. The molecular weight excluding hydrogens is 370 g/mol. The van der Waals surface area contributed by atoms with Crippen molar-refractivity contribution in [2.75, 3.05) is 46.9 Å². The number of rotatable bonds is 9. The van der Waals surface area contributed by atoms with Gasteiger partial charge in [-0.15, -0.1) is 0 Å². The van der Waals surface area contributed by atoms with Crippen molar-refractivity contribution in [2.24, 2.45) is 4.99 Å². The zero-order chi connectivity index (χ0) is 21.1. The Bertz CT molecular complexity index is 659. The standard InChI is InChI=1S/C21H35N5O3/c1-5-23-21(25-17-9-11-26(12-10-17)15-20(27)22-3)24-14-16(2)29-19-8-6-7-18(13-19)28-4/h6-8,13,16-17H,5,9-12,14-15H2,1-4H3,(H,22,27)(H2,23,24,25). The van der Waals surface area contributed by atoms with E-state index in [1.807, 2.05) is 31.2 Å². The summed E-state index contributed by atoms with van der Waals surface area (Å²) in [6.45, 7) is 7.67. The molecule has 1 aliphatic heterocycles. The average molecular weight is 406 g/mol. The Balaban J connectivity index is 1.82. The molecular formula is C21H35N5O3. The molecule has 29 heavy (non-hydrogen) atoms.